The van der Waals surface area contributed by atoms with E-state index < -0.39 is 0 Å². The SMILES string of the molecule is CCC(CN)CC(=O)Nc1nc2ccccc2nc1Cl. The van der Waals surface area contributed by atoms with Crippen molar-refractivity contribution in [2.75, 3.05) is 11.9 Å². The average molecular weight is 293 g/mol. The van der Waals surface area contributed by atoms with Crippen molar-refractivity contribution in [3.8, 4) is 0 Å². The van der Waals surface area contributed by atoms with Gasteiger partial charge in [-0.25, -0.2) is 9.97 Å². The van der Waals surface area contributed by atoms with Gasteiger partial charge in [-0.1, -0.05) is 37.1 Å². The summed E-state index contributed by atoms with van der Waals surface area (Å²) < 4.78 is 0. The third-order valence-electron chi connectivity index (χ3n) is 3.17. The van der Waals surface area contributed by atoms with E-state index in [0.29, 0.717) is 29.8 Å². The van der Waals surface area contributed by atoms with E-state index in [1.54, 1.807) is 0 Å². The Balaban J connectivity index is 2.16. The molecule has 3 N–H and O–H groups in total. The van der Waals surface area contributed by atoms with Crippen LogP contribution in [-0.4, -0.2) is 22.4 Å². The van der Waals surface area contributed by atoms with Crippen molar-refractivity contribution < 1.29 is 4.79 Å². The molecule has 0 spiro atoms. The average Bonchev–Trinajstić information content (AvgIpc) is 2.45. The molecule has 6 heteroatoms. The van der Waals surface area contributed by atoms with Crippen LogP contribution in [-0.2, 0) is 4.79 Å². The molecule has 5 nitrogen and oxygen atoms in total. The molecule has 0 bridgehead atoms. The van der Waals surface area contributed by atoms with Crippen LogP contribution < -0.4 is 11.1 Å². The molecule has 0 aliphatic heterocycles. The van der Waals surface area contributed by atoms with E-state index in [2.05, 4.69) is 15.3 Å². The molecule has 1 unspecified atom stereocenters. The fourth-order valence-corrected chi connectivity index (χ4v) is 2.08. The Bertz CT molecular complexity index is 613. The zero-order valence-electron chi connectivity index (χ0n) is 11.3. The lowest BCUT2D eigenvalue weighted by atomic mass is 10.0. The van der Waals surface area contributed by atoms with Crippen LogP contribution in [0.25, 0.3) is 11.0 Å². The zero-order valence-corrected chi connectivity index (χ0v) is 12.0. The molecule has 0 radical (unpaired) electrons. The van der Waals surface area contributed by atoms with E-state index in [4.69, 9.17) is 17.3 Å². The van der Waals surface area contributed by atoms with Crippen molar-refractivity contribution in [3.05, 3.63) is 29.4 Å². The molecular weight excluding hydrogens is 276 g/mol. The summed E-state index contributed by atoms with van der Waals surface area (Å²) in [5.74, 6) is 0.318. The van der Waals surface area contributed by atoms with Crippen LogP contribution in [0.15, 0.2) is 24.3 Å². The minimum Gasteiger partial charge on any atom is -0.330 e. The maximum absolute atomic E-state index is 11.9. The molecule has 2 rings (SSSR count). The number of nitrogens with zero attached hydrogens (tertiary/aromatic N) is 2. The fourth-order valence-electron chi connectivity index (χ4n) is 1.90. The van der Waals surface area contributed by atoms with Gasteiger partial charge in [-0.3, -0.25) is 4.79 Å². The number of rotatable bonds is 5. The van der Waals surface area contributed by atoms with Gasteiger partial charge in [0.25, 0.3) is 0 Å². The lowest BCUT2D eigenvalue weighted by Gasteiger charge is -2.12. The number of nitrogens with one attached hydrogen (secondary N) is 1. The minimum atomic E-state index is -0.145. The number of hydrogen-bond acceptors (Lipinski definition) is 4. The Labute approximate surface area is 122 Å². The monoisotopic (exact) mass is 292 g/mol. The number of fused-ring (bicyclic) bond motifs is 1. The van der Waals surface area contributed by atoms with Crippen LogP contribution >= 0.6 is 11.6 Å². The summed E-state index contributed by atoms with van der Waals surface area (Å²) >= 11 is 6.04. The van der Waals surface area contributed by atoms with E-state index in [1.807, 2.05) is 31.2 Å². The molecule has 106 valence electrons. The molecular formula is C14H17ClN4O. The number of aromatic nitrogens is 2. The molecule has 1 atom stereocenters. The van der Waals surface area contributed by atoms with Crippen LogP contribution in [0, 0.1) is 5.92 Å². The minimum absolute atomic E-state index is 0.145. The summed E-state index contributed by atoms with van der Waals surface area (Å²) in [6, 6.07) is 7.36. The first-order chi connectivity index (χ1) is 9.63. The molecule has 1 aromatic heterocycles. The number of hydrogen-bond donors (Lipinski definition) is 2. The Morgan fingerprint density at radius 2 is 2.00 bits per heavy atom. The molecule has 0 aliphatic carbocycles. The van der Waals surface area contributed by atoms with Gasteiger partial charge < -0.3 is 11.1 Å². The maximum atomic E-state index is 11.9. The van der Waals surface area contributed by atoms with E-state index in [9.17, 15) is 4.79 Å². The molecule has 0 saturated carbocycles. The number of amides is 1. The first-order valence-corrected chi connectivity index (χ1v) is 6.94. The largest absolute Gasteiger partial charge is 0.330 e. The molecule has 2 aromatic rings. The van der Waals surface area contributed by atoms with E-state index in [1.165, 1.54) is 0 Å². The predicted octanol–water partition coefficient (Wildman–Crippen LogP) is 2.60. The number of carbonyl (C=O) groups excluding carboxylic acids is 1. The molecule has 0 fully saturated rings. The lowest BCUT2D eigenvalue weighted by Crippen LogP contribution is -2.22. The Morgan fingerprint density at radius 1 is 1.35 bits per heavy atom. The van der Waals surface area contributed by atoms with Crippen molar-refractivity contribution in [2.24, 2.45) is 11.7 Å². The Hall–Kier alpha value is -1.72. The maximum Gasteiger partial charge on any atom is 0.225 e. The number of benzene rings is 1. The standard InChI is InChI=1S/C14H17ClN4O/c1-2-9(8-16)7-12(20)19-14-13(15)17-10-5-3-4-6-11(10)18-14/h3-6,9H,2,7-8,16H2,1H3,(H,18,19,20). The number of para-hydroxylation sites is 2. The number of anilines is 1. The molecule has 1 heterocycles. The Kier molecular flexibility index (Phi) is 4.87. The molecule has 0 saturated heterocycles. The van der Waals surface area contributed by atoms with Crippen molar-refractivity contribution >= 4 is 34.4 Å². The van der Waals surface area contributed by atoms with Crippen molar-refractivity contribution in [3.63, 3.8) is 0 Å². The van der Waals surface area contributed by atoms with Crippen LogP contribution in [0.3, 0.4) is 0 Å². The summed E-state index contributed by atoms with van der Waals surface area (Å²) in [6.45, 7) is 2.49. The molecule has 1 aromatic carbocycles. The van der Waals surface area contributed by atoms with Gasteiger partial charge in [0.05, 0.1) is 11.0 Å². The zero-order chi connectivity index (χ0) is 14.5. The van der Waals surface area contributed by atoms with Gasteiger partial charge in [-0.2, -0.15) is 0 Å². The van der Waals surface area contributed by atoms with Crippen molar-refractivity contribution in [1.29, 1.82) is 0 Å². The van der Waals surface area contributed by atoms with Crippen LogP contribution in [0.2, 0.25) is 5.15 Å². The normalized spacial score (nSPS) is 12.3. The van der Waals surface area contributed by atoms with Gasteiger partial charge in [0.15, 0.2) is 11.0 Å². The summed E-state index contributed by atoms with van der Waals surface area (Å²) in [5, 5.41) is 2.89. The third-order valence-corrected chi connectivity index (χ3v) is 3.43. The summed E-state index contributed by atoms with van der Waals surface area (Å²) in [5.41, 5.74) is 6.99. The molecule has 1 amide bonds. The smallest absolute Gasteiger partial charge is 0.225 e. The highest BCUT2D eigenvalue weighted by atomic mass is 35.5. The van der Waals surface area contributed by atoms with Gasteiger partial charge in [0.1, 0.15) is 0 Å². The van der Waals surface area contributed by atoms with Crippen LogP contribution in [0.5, 0.6) is 0 Å². The number of carbonyl (C=O) groups is 1. The third kappa shape index (κ3) is 3.43. The summed E-state index contributed by atoms with van der Waals surface area (Å²) in [4.78, 5) is 20.5. The van der Waals surface area contributed by atoms with E-state index in [0.717, 1.165) is 6.42 Å². The van der Waals surface area contributed by atoms with Gasteiger partial charge in [0.2, 0.25) is 5.91 Å². The predicted molar refractivity (Wildman–Crippen MR) is 80.6 cm³/mol. The quantitative estimate of drug-likeness (QED) is 0.887. The highest BCUT2D eigenvalue weighted by molar-refractivity contribution is 6.32. The van der Waals surface area contributed by atoms with E-state index >= 15 is 0 Å². The summed E-state index contributed by atoms with van der Waals surface area (Å²) in [6.07, 6.45) is 1.22. The van der Waals surface area contributed by atoms with Gasteiger partial charge in [-0.15, -0.1) is 0 Å². The van der Waals surface area contributed by atoms with Gasteiger partial charge >= 0.3 is 0 Å². The van der Waals surface area contributed by atoms with Crippen LogP contribution in [0.4, 0.5) is 5.82 Å². The molecule has 0 aliphatic rings. The first kappa shape index (κ1) is 14.7. The number of nitrogens with two attached hydrogens (primary N) is 1. The fraction of sp³-hybridized carbons (Fsp3) is 0.357. The lowest BCUT2D eigenvalue weighted by molar-refractivity contribution is -0.117. The second-order valence-corrected chi connectivity index (χ2v) is 4.97. The second-order valence-electron chi connectivity index (χ2n) is 4.61. The number of halogens is 1. The molecule has 20 heavy (non-hydrogen) atoms. The second kappa shape index (κ2) is 6.63. The highest BCUT2D eigenvalue weighted by Crippen LogP contribution is 2.21. The summed E-state index contributed by atoms with van der Waals surface area (Å²) in [7, 11) is 0. The van der Waals surface area contributed by atoms with Crippen molar-refractivity contribution in [2.45, 2.75) is 19.8 Å². The Morgan fingerprint density at radius 3 is 2.60 bits per heavy atom. The van der Waals surface area contributed by atoms with Crippen LogP contribution in [0.1, 0.15) is 19.8 Å². The topological polar surface area (TPSA) is 80.9 Å². The van der Waals surface area contributed by atoms with Gasteiger partial charge in [0, 0.05) is 6.42 Å². The van der Waals surface area contributed by atoms with Crippen molar-refractivity contribution in [1.82, 2.24) is 9.97 Å². The highest BCUT2D eigenvalue weighted by Gasteiger charge is 2.14. The van der Waals surface area contributed by atoms with Gasteiger partial charge in [-0.05, 0) is 24.6 Å². The van der Waals surface area contributed by atoms with E-state index in [-0.39, 0.29) is 17.0 Å². The first-order valence-electron chi connectivity index (χ1n) is 6.56.